The Kier molecular flexibility index (Phi) is 10.8. The molecule has 1 atom stereocenters. The van der Waals surface area contributed by atoms with E-state index in [-0.39, 0.29) is 23.0 Å². The van der Waals surface area contributed by atoms with Gasteiger partial charge < -0.3 is 19.7 Å². The van der Waals surface area contributed by atoms with Gasteiger partial charge >= 0.3 is 0 Å². The number of hydrogen-bond donors (Lipinski definition) is 1. The minimum absolute atomic E-state index is 0.0305. The predicted molar refractivity (Wildman–Crippen MR) is 155 cm³/mol. The lowest BCUT2D eigenvalue weighted by Gasteiger charge is -2.32. The third-order valence-corrected chi connectivity index (χ3v) is 8.19. The van der Waals surface area contributed by atoms with Crippen molar-refractivity contribution in [3.05, 3.63) is 83.4 Å². The minimum Gasteiger partial charge on any atom is -0.497 e. The number of halogens is 1. The second-order valence-corrected chi connectivity index (χ2v) is 11.1. The summed E-state index contributed by atoms with van der Waals surface area (Å²) in [6.45, 7) is 5.61. The molecule has 40 heavy (non-hydrogen) atoms. The van der Waals surface area contributed by atoms with Crippen LogP contribution in [0.5, 0.6) is 11.5 Å². The number of carbonyl (C=O) groups excluding carboxylic acids is 2. The van der Waals surface area contributed by atoms with E-state index >= 15 is 0 Å². The van der Waals surface area contributed by atoms with Crippen molar-refractivity contribution in [3.63, 3.8) is 0 Å². The highest BCUT2D eigenvalue weighted by Gasteiger charge is 2.32. The molecule has 214 valence electrons. The number of hydrogen-bond acceptors (Lipinski definition) is 6. The lowest BCUT2D eigenvalue weighted by molar-refractivity contribution is -0.139. The Morgan fingerprint density at radius 1 is 0.925 bits per heavy atom. The van der Waals surface area contributed by atoms with Crippen LogP contribution in [-0.4, -0.2) is 58.0 Å². The highest BCUT2D eigenvalue weighted by Crippen LogP contribution is 2.27. The Morgan fingerprint density at radius 2 is 1.52 bits per heavy atom. The van der Waals surface area contributed by atoms with Gasteiger partial charge in [0.2, 0.25) is 11.8 Å². The zero-order chi connectivity index (χ0) is 29.3. The lowest BCUT2D eigenvalue weighted by Crippen LogP contribution is -2.51. The topological polar surface area (TPSA) is 105 Å². The van der Waals surface area contributed by atoms with E-state index in [9.17, 15) is 18.0 Å². The zero-order valence-corrected chi connectivity index (χ0v) is 24.5. The molecule has 3 aromatic carbocycles. The standard InChI is InChI=1S/C29H34ClN3O6S/c1-5-31-29(35)21(3)32(19-22-7-13-25(38-4)14-8-22)28(34)20-33(24-11-15-26(16-12-24)39-6-2)40(36,37)27-17-9-23(30)10-18-27/h7-18,21H,5-6,19-20H2,1-4H3,(H,31,35)/t21-/m0/s1. The number of amides is 2. The molecule has 0 radical (unpaired) electrons. The van der Waals surface area contributed by atoms with Crippen LogP contribution in [0.2, 0.25) is 5.02 Å². The van der Waals surface area contributed by atoms with Crippen LogP contribution < -0.4 is 19.1 Å². The first kappa shape index (κ1) is 30.8. The number of benzene rings is 3. The monoisotopic (exact) mass is 587 g/mol. The highest BCUT2D eigenvalue weighted by atomic mass is 35.5. The molecule has 0 aliphatic carbocycles. The van der Waals surface area contributed by atoms with Crippen molar-refractivity contribution in [1.29, 1.82) is 0 Å². The summed E-state index contributed by atoms with van der Waals surface area (Å²) in [6.07, 6.45) is 0. The molecule has 0 saturated heterocycles. The summed E-state index contributed by atoms with van der Waals surface area (Å²) in [7, 11) is -2.64. The normalized spacial score (nSPS) is 11.8. The van der Waals surface area contributed by atoms with E-state index < -0.39 is 28.5 Å². The fourth-order valence-electron chi connectivity index (χ4n) is 3.97. The summed E-state index contributed by atoms with van der Waals surface area (Å²) in [5.74, 6) is 0.306. The number of methoxy groups -OCH3 is 1. The van der Waals surface area contributed by atoms with Crippen molar-refractivity contribution in [3.8, 4) is 11.5 Å². The molecule has 0 spiro atoms. The van der Waals surface area contributed by atoms with Crippen molar-refractivity contribution in [2.24, 2.45) is 0 Å². The zero-order valence-electron chi connectivity index (χ0n) is 23.0. The molecule has 11 heteroatoms. The van der Waals surface area contributed by atoms with Gasteiger partial charge in [-0.25, -0.2) is 8.42 Å². The maximum Gasteiger partial charge on any atom is 0.264 e. The van der Waals surface area contributed by atoms with E-state index in [1.165, 1.54) is 29.2 Å². The first-order chi connectivity index (χ1) is 19.1. The first-order valence-corrected chi connectivity index (χ1v) is 14.6. The van der Waals surface area contributed by atoms with Gasteiger partial charge in [-0.2, -0.15) is 0 Å². The first-order valence-electron chi connectivity index (χ1n) is 12.8. The third-order valence-electron chi connectivity index (χ3n) is 6.15. The van der Waals surface area contributed by atoms with Gasteiger partial charge in [0, 0.05) is 18.1 Å². The largest absolute Gasteiger partial charge is 0.497 e. The SMILES string of the molecule is CCNC(=O)[C@H](C)N(Cc1ccc(OC)cc1)C(=O)CN(c1ccc(OCC)cc1)S(=O)(=O)c1ccc(Cl)cc1. The molecule has 0 saturated carbocycles. The Balaban J connectivity index is 2.02. The van der Waals surface area contributed by atoms with Gasteiger partial charge in [-0.05, 0) is 87.0 Å². The highest BCUT2D eigenvalue weighted by molar-refractivity contribution is 7.92. The van der Waals surface area contributed by atoms with Crippen LogP contribution >= 0.6 is 11.6 Å². The Morgan fingerprint density at radius 3 is 2.08 bits per heavy atom. The fraction of sp³-hybridized carbons (Fsp3) is 0.310. The molecule has 0 aliphatic rings. The maximum absolute atomic E-state index is 13.9. The van der Waals surface area contributed by atoms with Crippen molar-refractivity contribution in [1.82, 2.24) is 10.2 Å². The number of sulfonamides is 1. The number of nitrogens with zero attached hydrogens (tertiary/aromatic N) is 2. The molecule has 0 aliphatic heterocycles. The van der Waals surface area contributed by atoms with Crippen molar-refractivity contribution >= 4 is 39.1 Å². The van der Waals surface area contributed by atoms with E-state index in [1.54, 1.807) is 69.5 Å². The average molecular weight is 588 g/mol. The van der Waals surface area contributed by atoms with E-state index in [0.717, 1.165) is 9.87 Å². The molecule has 0 aromatic heterocycles. The smallest absolute Gasteiger partial charge is 0.264 e. The third kappa shape index (κ3) is 7.67. The molecule has 0 fully saturated rings. The van der Waals surface area contributed by atoms with Crippen LogP contribution in [0.3, 0.4) is 0 Å². The van der Waals surface area contributed by atoms with Crippen molar-refractivity contribution in [2.45, 2.75) is 38.3 Å². The molecular weight excluding hydrogens is 554 g/mol. The molecule has 0 bridgehead atoms. The van der Waals surface area contributed by atoms with Crippen LogP contribution in [0.1, 0.15) is 26.3 Å². The number of carbonyl (C=O) groups is 2. The van der Waals surface area contributed by atoms with Crippen LogP contribution in [0.15, 0.2) is 77.7 Å². The number of anilines is 1. The Hall–Kier alpha value is -3.76. The number of ether oxygens (including phenoxy) is 2. The molecule has 3 rings (SSSR count). The summed E-state index contributed by atoms with van der Waals surface area (Å²) in [6, 6.07) is 18.4. The minimum atomic E-state index is -4.19. The van der Waals surface area contributed by atoms with Gasteiger partial charge in [0.25, 0.3) is 10.0 Å². The molecule has 3 aromatic rings. The molecule has 2 amide bonds. The Bertz CT molecular complexity index is 1380. The maximum atomic E-state index is 13.9. The van der Waals surface area contributed by atoms with Gasteiger partial charge in [-0.3, -0.25) is 13.9 Å². The average Bonchev–Trinajstić information content (AvgIpc) is 2.95. The van der Waals surface area contributed by atoms with Gasteiger partial charge in [0.15, 0.2) is 0 Å². The summed E-state index contributed by atoms with van der Waals surface area (Å²) in [5, 5.41) is 3.12. The van der Waals surface area contributed by atoms with Gasteiger partial charge in [0.1, 0.15) is 24.1 Å². The van der Waals surface area contributed by atoms with Gasteiger partial charge in [-0.1, -0.05) is 23.7 Å². The van der Waals surface area contributed by atoms with E-state index in [4.69, 9.17) is 21.1 Å². The Labute approximate surface area is 240 Å². The number of nitrogens with one attached hydrogen (secondary N) is 1. The van der Waals surface area contributed by atoms with Crippen LogP contribution in [-0.2, 0) is 26.2 Å². The van der Waals surface area contributed by atoms with Crippen LogP contribution in [0, 0.1) is 0 Å². The fourth-order valence-corrected chi connectivity index (χ4v) is 5.51. The summed E-state index contributed by atoms with van der Waals surface area (Å²) in [5.41, 5.74) is 1.01. The van der Waals surface area contributed by atoms with E-state index in [1.807, 2.05) is 6.92 Å². The predicted octanol–water partition coefficient (Wildman–Crippen LogP) is 4.50. The van der Waals surface area contributed by atoms with Crippen LogP contribution in [0.4, 0.5) is 5.69 Å². The van der Waals surface area contributed by atoms with Crippen molar-refractivity contribution < 1.29 is 27.5 Å². The van der Waals surface area contributed by atoms with E-state index in [2.05, 4.69) is 5.32 Å². The lowest BCUT2D eigenvalue weighted by atomic mass is 10.1. The number of rotatable bonds is 13. The van der Waals surface area contributed by atoms with Gasteiger partial charge in [0.05, 0.1) is 24.3 Å². The number of likely N-dealkylation sites (N-methyl/N-ethyl adjacent to an activating group) is 1. The second-order valence-electron chi connectivity index (χ2n) is 8.83. The van der Waals surface area contributed by atoms with Gasteiger partial charge in [-0.15, -0.1) is 0 Å². The molecule has 0 unspecified atom stereocenters. The molecule has 0 heterocycles. The summed E-state index contributed by atoms with van der Waals surface area (Å²) >= 11 is 5.99. The second kappa shape index (κ2) is 14.0. The molecular formula is C29H34ClN3O6S. The summed E-state index contributed by atoms with van der Waals surface area (Å²) in [4.78, 5) is 28.0. The molecule has 1 N–H and O–H groups in total. The van der Waals surface area contributed by atoms with Crippen molar-refractivity contribution in [2.75, 3.05) is 31.1 Å². The summed E-state index contributed by atoms with van der Waals surface area (Å²) < 4.78 is 39.4. The molecule has 9 nitrogen and oxygen atoms in total. The quantitative estimate of drug-likeness (QED) is 0.316. The van der Waals surface area contributed by atoms with Crippen LogP contribution in [0.25, 0.3) is 0 Å². The van der Waals surface area contributed by atoms with E-state index in [0.29, 0.717) is 29.7 Å².